The van der Waals surface area contributed by atoms with Crippen molar-refractivity contribution in [3.8, 4) is 5.75 Å². The van der Waals surface area contributed by atoms with Gasteiger partial charge in [-0.1, -0.05) is 23.2 Å². The van der Waals surface area contributed by atoms with Gasteiger partial charge in [-0.3, -0.25) is 0 Å². The van der Waals surface area contributed by atoms with E-state index < -0.39 is 16.0 Å². The van der Waals surface area contributed by atoms with Gasteiger partial charge < -0.3 is 4.74 Å². The number of rotatable bonds is 4. The number of carbonyl (C=O) groups is 1. The molecule has 0 aromatic heterocycles. The molecule has 8 heteroatoms. The Kier molecular flexibility index (Phi) is 5.31. The average Bonchev–Trinajstić information content (AvgIpc) is 2.49. The third-order valence-electron chi connectivity index (χ3n) is 2.96. The van der Waals surface area contributed by atoms with Gasteiger partial charge in [-0.25, -0.2) is 17.5 Å². The molecule has 0 bridgehead atoms. The predicted octanol–water partition coefficient (Wildman–Crippen LogP) is 3.46. The molecule has 122 valence electrons. The van der Waals surface area contributed by atoms with Crippen molar-refractivity contribution in [2.75, 3.05) is 14.1 Å². The average molecular weight is 374 g/mol. The van der Waals surface area contributed by atoms with Crippen molar-refractivity contribution in [3.05, 3.63) is 58.1 Å². The molecule has 0 amide bonds. The van der Waals surface area contributed by atoms with Crippen LogP contribution >= 0.6 is 23.2 Å². The van der Waals surface area contributed by atoms with Crippen LogP contribution in [0, 0.1) is 0 Å². The monoisotopic (exact) mass is 373 g/mol. The molecule has 5 nitrogen and oxygen atoms in total. The standard InChI is InChI=1S/C15H13Cl2NO4S/c1-18(2)23(20,21)12-7-8-14(17)13(9-12)15(19)22-11-5-3-10(16)4-6-11/h3-9H,1-2H3. The molecule has 0 atom stereocenters. The largest absolute Gasteiger partial charge is 0.423 e. The van der Waals surface area contributed by atoms with Crippen molar-refractivity contribution < 1.29 is 17.9 Å². The fourth-order valence-electron chi connectivity index (χ4n) is 1.70. The SMILES string of the molecule is CN(C)S(=O)(=O)c1ccc(Cl)c(C(=O)Oc2ccc(Cl)cc2)c1. The van der Waals surface area contributed by atoms with Crippen LogP contribution < -0.4 is 4.74 Å². The first-order chi connectivity index (χ1) is 10.7. The highest BCUT2D eigenvalue weighted by molar-refractivity contribution is 7.89. The Hall–Kier alpha value is -1.60. The molecule has 2 aromatic rings. The van der Waals surface area contributed by atoms with Gasteiger partial charge in [0, 0.05) is 19.1 Å². The second-order valence-corrected chi connectivity index (χ2v) is 7.77. The summed E-state index contributed by atoms with van der Waals surface area (Å²) < 4.78 is 30.5. The first-order valence-electron chi connectivity index (χ1n) is 6.41. The van der Waals surface area contributed by atoms with E-state index >= 15 is 0 Å². The lowest BCUT2D eigenvalue weighted by Gasteiger charge is -2.13. The van der Waals surface area contributed by atoms with Gasteiger partial charge in [-0.15, -0.1) is 0 Å². The molecule has 0 saturated heterocycles. The second kappa shape index (κ2) is 6.88. The van der Waals surface area contributed by atoms with Crippen LogP contribution in [0.5, 0.6) is 5.75 Å². The Morgan fingerprint density at radius 1 is 1.04 bits per heavy atom. The topological polar surface area (TPSA) is 63.7 Å². The molecular weight excluding hydrogens is 361 g/mol. The predicted molar refractivity (Wildman–Crippen MR) is 88.7 cm³/mol. The van der Waals surface area contributed by atoms with Gasteiger partial charge >= 0.3 is 5.97 Å². The lowest BCUT2D eigenvalue weighted by atomic mass is 10.2. The van der Waals surface area contributed by atoms with Gasteiger partial charge in [0.1, 0.15) is 5.75 Å². The number of hydrogen-bond donors (Lipinski definition) is 0. The van der Waals surface area contributed by atoms with Gasteiger partial charge in [-0.2, -0.15) is 0 Å². The van der Waals surface area contributed by atoms with E-state index in [1.165, 1.54) is 44.4 Å². The van der Waals surface area contributed by atoms with Crippen molar-refractivity contribution in [2.24, 2.45) is 0 Å². The van der Waals surface area contributed by atoms with Gasteiger partial charge in [-0.05, 0) is 42.5 Å². The number of sulfonamides is 1. The molecule has 0 radical (unpaired) electrons. The van der Waals surface area contributed by atoms with E-state index in [1.54, 1.807) is 12.1 Å². The zero-order valence-corrected chi connectivity index (χ0v) is 14.6. The summed E-state index contributed by atoms with van der Waals surface area (Å²) in [5.41, 5.74) is -0.0375. The van der Waals surface area contributed by atoms with E-state index in [1.807, 2.05) is 0 Å². The Balaban J connectivity index is 2.35. The van der Waals surface area contributed by atoms with E-state index in [-0.39, 0.29) is 21.2 Å². The lowest BCUT2D eigenvalue weighted by molar-refractivity contribution is 0.0734. The highest BCUT2D eigenvalue weighted by atomic mass is 35.5. The zero-order valence-electron chi connectivity index (χ0n) is 12.3. The molecule has 0 heterocycles. The van der Waals surface area contributed by atoms with Crippen LogP contribution in [0.2, 0.25) is 10.0 Å². The molecule has 0 aliphatic heterocycles. The summed E-state index contributed by atoms with van der Waals surface area (Å²) in [6, 6.07) is 10.0. The fourth-order valence-corrected chi connectivity index (χ4v) is 2.95. The van der Waals surface area contributed by atoms with Crippen molar-refractivity contribution in [1.29, 1.82) is 0 Å². The lowest BCUT2D eigenvalue weighted by Crippen LogP contribution is -2.22. The van der Waals surface area contributed by atoms with E-state index in [2.05, 4.69) is 0 Å². The first kappa shape index (κ1) is 17.7. The number of benzene rings is 2. The van der Waals surface area contributed by atoms with Crippen molar-refractivity contribution in [1.82, 2.24) is 4.31 Å². The van der Waals surface area contributed by atoms with E-state index in [0.29, 0.717) is 5.02 Å². The Morgan fingerprint density at radius 3 is 2.22 bits per heavy atom. The molecule has 0 fully saturated rings. The van der Waals surface area contributed by atoms with Crippen molar-refractivity contribution in [2.45, 2.75) is 4.90 Å². The molecule has 23 heavy (non-hydrogen) atoms. The zero-order chi connectivity index (χ0) is 17.2. The number of halogens is 2. The highest BCUT2D eigenvalue weighted by Gasteiger charge is 2.21. The van der Waals surface area contributed by atoms with Gasteiger partial charge in [0.2, 0.25) is 10.0 Å². The molecule has 0 unspecified atom stereocenters. The van der Waals surface area contributed by atoms with E-state index in [4.69, 9.17) is 27.9 Å². The third-order valence-corrected chi connectivity index (χ3v) is 5.35. The molecule has 0 aliphatic rings. The summed E-state index contributed by atoms with van der Waals surface area (Å²) in [5.74, 6) is -0.482. The van der Waals surface area contributed by atoms with Crippen LogP contribution in [0.1, 0.15) is 10.4 Å². The molecule has 2 rings (SSSR count). The Bertz CT molecular complexity index is 833. The van der Waals surface area contributed by atoms with E-state index in [9.17, 15) is 13.2 Å². The Morgan fingerprint density at radius 2 is 1.65 bits per heavy atom. The minimum Gasteiger partial charge on any atom is -0.423 e. The second-order valence-electron chi connectivity index (χ2n) is 4.77. The molecule has 0 saturated carbocycles. The summed E-state index contributed by atoms with van der Waals surface area (Å²) in [4.78, 5) is 12.2. The maximum atomic E-state index is 12.2. The minimum atomic E-state index is -3.68. The van der Waals surface area contributed by atoms with Gasteiger partial charge in [0.05, 0.1) is 15.5 Å². The van der Waals surface area contributed by atoms with Gasteiger partial charge in [0.25, 0.3) is 0 Å². The maximum Gasteiger partial charge on any atom is 0.345 e. The van der Waals surface area contributed by atoms with Crippen LogP contribution in [0.4, 0.5) is 0 Å². The van der Waals surface area contributed by atoms with Crippen LogP contribution in [-0.4, -0.2) is 32.8 Å². The smallest absolute Gasteiger partial charge is 0.345 e. The maximum absolute atomic E-state index is 12.2. The number of hydrogen-bond acceptors (Lipinski definition) is 4. The molecule has 2 aromatic carbocycles. The molecular formula is C15H13Cl2NO4S. The number of nitrogens with zero attached hydrogens (tertiary/aromatic N) is 1. The van der Waals surface area contributed by atoms with Crippen molar-refractivity contribution >= 4 is 39.2 Å². The molecule has 0 aliphatic carbocycles. The number of ether oxygens (including phenoxy) is 1. The third kappa shape index (κ3) is 4.03. The summed E-state index contributed by atoms with van der Waals surface area (Å²) in [7, 11) is -0.882. The minimum absolute atomic E-state index is 0.0375. The van der Waals surface area contributed by atoms with Crippen LogP contribution in [0.15, 0.2) is 47.4 Å². The quantitative estimate of drug-likeness (QED) is 0.607. The summed E-state index contributed by atoms with van der Waals surface area (Å²) >= 11 is 11.7. The molecule has 0 spiro atoms. The van der Waals surface area contributed by atoms with Crippen molar-refractivity contribution in [3.63, 3.8) is 0 Å². The highest BCUT2D eigenvalue weighted by Crippen LogP contribution is 2.24. The van der Waals surface area contributed by atoms with Crippen LogP contribution in [0.3, 0.4) is 0 Å². The first-order valence-corrected chi connectivity index (χ1v) is 8.61. The van der Waals surface area contributed by atoms with Crippen LogP contribution in [0.25, 0.3) is 0 Å². The normalized spacial score (nSPS) is 11.5. The Labute approximate surface area is 144 Å². The molecule has 0 N–H and O–H groups in total. The number of esters is 1. The summed E-state index contributed by atoms with van der Waals surface area (Å²) in [6.45, 7) is 0. The summed E-state index contributed by atoms with van der Waals surface area (Å²) in [6.07, 6.45) is 0. The van der Waals surface area contributed by atoms with Crippen LogP contribution in [-0.2, 0) is 10.0 Å². The summed E-state index contributed by atoms with van der Waals surface area (Å²) in [5, 5.41) is 0.601. The van der Waals surface area contributed by atoms with Gasteiger partial charge in [0.15, 0.2) is 0 Å². The number of carbonyl (C=O) groups excluding carboxylic acids is 1. The fraction of sp³-hybridized carbons (Fsp3) is 0.133. The van der Waals surface area contributed by atoms with E-state index in [0.717, 1.165) is 4.31 Å².